The summed E-state index contributed by atoms with van der Waals surface area (Å²) in [5.74, 6) is 2.77. The molecule has 6 nitrogen and oxygen atoms in total. The maximum atomic E-state index is 12.8. The lowest BCUT2D eigenvalue weighted by Crippen LogP contribution is -2.56. The summed E-state index contributed by atoms with van der Waals surface area (Å²) >= 11 is 0. The lowest BCUT2D eigenvalue weighted by atomic mass is 9.49. The second-order valence-electron chi connectivity index (χ2n) is 19.4. The number of aliphatic hydroxyl groups is 2. The molecule has 0 spiro atoms. The molecule has 0 radical (unpaired) electrons. The molecule has 53 heavy (non-hydrogen) atoms. The summed E-state index contributed by atoms with van der Waals surface area (Å²) in [5, 5.41) is 21.1. The highest BCUT2D eigenvalue weighted by molar-refractivity contribution is 6.02. The van der Waals surface area contributed by atoms with Gasteiger partial charge in [0.25, 0.3) is 0 Å². The van der Waals surface area contributed by atoms with Crippen molar-refractivity contribution in [3.8, 4) is 0 Å². The van der Waals surface area contributed by atoms with Crippen LogP contribution in [-0.4, -0.2) is 45.6 Å². The lowest BCUT2D eigenvalue weighted by molar-refractivity contribution is -0.158. The molecule has 6 heteroatoms. The maximum absolute atomic E-state index is 12.8. The van der Waals surface area contributed by atoms with Crippen LogP contribution in [0.4, 0.5) is 0 Å². The minimum absolute atomic E-state index is 0.00402. The van der Waals surface area contributed by atoms with Crippen LogP contribution < -0.4 is 0 Å². The van der Waals surface area contributed by atoms with Crippen LogP contribution in [0.2, 0.25) is 0 Å². The molecule has 0 heterocycles. The zero-order chi connectivity index (χ0) is 38.6. The number of hydrogen-bond donors (Lipinski definition) is 2. The average molecular weight is 723 g/mol. The van der Waals surface area contributed by atoms with Gasteiger partial charge in [0.05, 0.1) is 0 Å². The van der Waals surface area contributed by atoms with E-state index in [0.717, 1.165) is 38.5 Å². The van der Waals surface area contributed by atoms with Crippen LogP contribution in [0.15, 0.2) is 70.9 Å². The van der Waals surface area contributed by atoms with Gasteiger partial charge in [0.15, 0.2) is 23.1 Å². The molecule has 4 fully saturated rings. The summed E-state index contributed by atoms with van der Waals surface area (Å²) < 4.78 is 0. The van der Waals surface area contributed by atoms with Crippen molar-refractivity contribution in [2.75, 3.05) is 6.61 Å². The van der Waals surface area contributed by atoms with Crippen LogP contribution in [-0.2, 0) is 19.2 Å². The summed E-state index contributed by atoms with van der Waals surface area (Å²) in [4.78, 5) is 49.3. The zero-order valence-electron chi connectivity index (χ0n) is 33.5. The van der Waals surface area contributed by atoms with Gasteiger partial charge in [-0.05, 0) is 141 Å². The second kappa shape index (κ2) is 12.8. The van der Waals surface area contributed by atoms with Gasteiger partial charge in [-0.3, -0.25) is 19.2 Å². The minimum atomic E-state index is -1.23. The van der Waals surface area contributed by atoms with Gasteiger partial charge in [0.2, 0.25) is 0 Å². The fourth-order valence-electron chi connectivity index (χ4n) is 14.2. The predicted molar refractivity (Wildman–Crippen MR) is 207 cm³/mol. The Bertz CT molecular complexity index is 1820. The van der Waals surface area contributed by atoms with Gasteiger partial charge < -0.3 is 10.2 Å². The first-order chi connectivity index (χ1) is 24.8. The zero-order valence-corrected chi connectivity index (χ0v) is 33.5. The normalized spacial score (nSPS) is 47.6. The quantitative estimate of drug-likeness (QED) is 0.283. The van der Waals surface area contributed by atoms with E-state index in [0.29, 0.717) is 47.8 Å². The van der Waals surface area contributed by atoms with Crippen LogP contribution in [0.5, 0.6) is 0 Å². The molecule has 8 aliphatic carbocycles. The molecular formula is C47H62O6. The molecule has 0 bridgehead atoms. The summed E-state index contributed by atoms with van der Waals surface area (Å²) in [6.07, 6.45) is 22.0. The van der Waals surface area contributed by atoms with Crippen LogP contribution >= 0.6 is 0 Å². The molecule has 8 rings (SSSR count). The second-order valence-corrected chi connectivity index (χ2v) is 19.4. The van der Waals surface area contributed by atoms with E-state index in [1.807, 2.05) is 19.1 Å². The van der Waals surface area contributed by atoms with Gasteiger partial charge in [-0.1, -0.05) is 83.9 Å². The number of ketones is 4. The number of carbonyl (C=O) groups is 4. The van der Waals surface area contributed by atoms with Crippen molar-refractivity contribution in [1.29, 1.82) is 0 Å². The Morgan fingerprint density at radius 2 is 1.25 bits per heavy atom. The van der Waals surface area contributed by atoms with Crippen LogP contribution in [0.1, 0.15) is 107 Å². The van der Waals surface area contributed by atoms with Crippen molar-refractivity contribution in [3.63, 3.8) is 0 Å². The molecule has 0 aromatic heterocycles. The number of aliphatic hydroxyl groups excluding tert-OH is 1. The molecule has 2 N–H and O–H groups in total. The van der Waals surface area contributed by atoms with E-state index >= 15 is 0 Å². The summed E-state index contributed by atoms with van der Waals surface area (Å²) in [7, 11) is 0. The van der Waals surface area contributed by atoms with Gasteiger partial charge in [0, 0.05) is 28.6 Å². The molecule has 0 amide bonds. The third-order valence-corrected chi connectivity index (χ3v) is 16.7. The van der Waals surface area contributed by atoms with Crippen molar-refractivity contribution in [2.45, 2.75) is 113 Å². The molecule has 0 aliphatic heterocycles. The van der Waals surface area contributed by atoms with Gasteiger partial charge in [-0.15, -0.1) is 0 Å². The highest BCUT2D eigenvalue weighted by Gasteiger charge is 2.67. The first-order valence-electron chi connectivity index (χ1n) is 20.5. The van der Waals surface area contributed by atoms with Crippen molar-refractivity contribution >= 4 is 23.1 Å². The average Bonchev–Trinajstić information content (AvgIpc) is 3.51. The standard InChI is InChI=1S/C24H32O3.C23H30O3/c1-6-21(26)24(27)15(3)12-20-17-11-14(2)19-13-16(25)7-9-22(19,4)18(17)8-10-23(20,24)5;1-13-9-16-17(22(3)7-5-15(25)11-18(13)22)6-8-23(4)19(16)10-14(2)21(23)20(26)12-24/h7-9,13-15,17,20,27H,6,10-12H2,1-5H3;5-7,11,13-14,16,19,21,24H,8-10,12H2,1-4H3/t14-,15+,17?,20?,22+,23-,24-;13-,14+,16?,19?,21+,22+,23-/m00/s1. The molecule has 8 aliphatic rings. The van der Waals surface area contributed by atoms with Gasteiger partial charge >= 0.3 is 0 Å². The number of Topliss-reactive ketones (excluding diaryl/α,β-unsaturated/α-hetero) is 2. The van der Waals surface area contributed by atoms with Crippen molar-refractivity contribution in [2.24, 2.45) is 74.9 Å². The fraction of sp³-hybridized carbons (Fsp3) is 0.660. The Morgan fingerprint density at radius 3 is 1.75 bits per heavy atom. The first-order valence-corrected chi connectivity index (χ1v) is 20.5. The summed E-state index contributed by atoms with van der Waals surface area (Å²) in [6, 6.07) is 0. The number of fused-ring (bicyclic) bond motifs is 10. The van der Waals surface area contributed by atoms with E-state index in [2.05, 4.69) is 79.7 Å². The largest absolute Gasteiger partial charge is 0.389 e. The molecule has 286 valence electrons. The molecular weight excluding hydrogens is 661 g/mol. The Morgan fingerprint density at radius 1 is 0.736 bits per heavy atom. The van der Waals surface area contributed by atoms with Crippen LogP contribution in [0.25, 0.3) is 0 Å². The molecule has 0 saturated heterocycles. The van der Waals surface area contributed by atoms with Crippen molar-refractivity contribution in [1.82, 2.24) is 0 Å². The number of carbonyl (C=O) groups excluding carboxylic acids is 4. The number of rotatable bonds is 4. The Kier molecular flexibility index (Phi) is 9.25. The third kappa shape index (κ3) is 5.23. The fourth-order valence-corrected chi connectivity index (χ4v) is 14.2. The van der Waals surface area contributed by atoms with E-state index < -0.39 is 11.0 Å². The number of allylic oxidation sites excluding steroid dienone is 12. The van der Waals surface area contributed by atoms with Crippen LogP contribution in [0.3, 0.4) is 0 Å². The summed E-state index contributed by atoms with van der Waals surface area (Å²) in [5.41, 5.74) is 3.30. The maximum Gasteiger partial charge on any atom is 0.178 e. The topological polar surface area (TPSA) is 109 Å². The van der Waals surface area contributed by atoms with Crippen molar-refractivity contribution in [3.05, 3.63) is 70.9 Å². The molecule has 14 atom stereocenters. The highest BCUT2D eigenvalue weighted by atomic mass is 16.3. The SMILES string of the molecule is CCC(=O)[C@@]1(O)[C@H](C)CC2C3C[C@H](C)C4=CC(=O)C=C[C@]4(C)C3=CC[C@@]21C.C[C@@H]1CC2C3C[C@H](C)C4=CC(=O)C=C[C@]4(C)C3=CC[C@]2(C)[C@H]1C(=O)CO. The predicted octanol–water partition coefficient (Wildman–Crippen LogP) is 8.30. The third-order valence-electron chi connectivity index (χ3n) is 16.7. The molecule has 4 saturated carbocycles. The first kappa shape index (κ1) is 38.3. The number of hydrogen-bond acceptors (Lipinski definition) is 6. The smallest absolute Gasteiger partial charge is 0.178 e. The van der Waals surface area contributed by atoms with E-state index in [1.54, 1.807) is 12.2 Å². The van der Waals surface area contributed by atoms with E-state index in [1.165, 1.54) is 22.3 Å². The van der Waals surface area contributed by atoms with E-state index in [9.17, 15) is 29.4 Å². The van der Waals surface area contributed by atoms with Crippen LogP contribution in [0, 0.1) is 74.9 Å². The Balaban J connectivity index is 0.000000164. The van der Waals surface area contributed by atoms with Gasteiger partial charge in [0.1, 0.15) is 12.2 Å². The molecule has 0 aromatic carbocycles. The monoisotopic (exact) mass is 722 g/mol. The van der Waals surface area contributed by atoms with Gasteiger partial charge in [-0.25, -0.2) is 0 Å². The van der Waals surface area contributed by atoms with E-state index in [4.69, 9.17) is 0 Å². The van der Waals surface area contributed by atoms with E-state index in [-0.39, 0.29) is 57.8 Å². The Labute approximate surface area is 317 Å². The lowest BCUT2D eigenvalue weighted by Gasteiger charge is -2.55. The van der Waals surface area contributed by atoms with Gasteiger partial charge in [-0.2, -0.15) is 0 Å². The summed E-state index contributed by atoms with van der Waals surface area (Å²) in [6.45, 7) is 19.1. The molecule has 0 aromatic rings. The molecule has 4 unspecified atom stereocenters. The van der Waals surface area contributed by atoms with Crippen molar-refractivity contribution < 1.29 is 29.4 Å². The highest BCUT2D eigenvalue weighted by Crippen LogP contribution is 2.68. The Hall–Kier alpha value is -2.96. The minimum Gasteiger partial charge on any atom is -0.389 e.